The van der Waals surface area contributed by atoms with E-state index in [0.29, 0.717) is 6.61 Å². The number of hydrogen-bond donors (Lipinski definition) is 0. The number of thioether (sulfide) groups is 1. The van der Waals surface area contributed by atoms with Gasteiger partial charge in [-0.3, -0.25) is 14.5 Å². The molecule has 2 aromatic carbocycles. The molecule has 1 saturated heterocycles. The van der Waals surface area contributed by atoms with Gasteiger partial charge in [-0.1, -0.05) is 34.1 Å². The van der Waals surface area contributed by atoms with Crippen LogP contribution in [0.4, 0.5) is 4.79 Å². The summed E-state index contributed by atoms with van der Waals surface area (Å²) in [7, 11) is 0. The van der Waals surface area contributed by atoms with Gasteiger partial charge >= 0.3 is 5.97 Å². The number of esters is 1. The molecule has 0 radical (unpaired) electrons. The van der Waals surface area contributed by atoms with Crippen LogP contribution in [0.1, 0.15) is 25.0 Å². The van der Waals surface area contributed by atoms with Gasteiger partial charge in [-0.2, -0.15) is 0 Å². The first-order valence-electron chi connectivity index (χ1n) is 9.40. The predicted molar refractivity (Wildman–Crippen MR) is 132 cm³/mol. The summed E-state index contributed by atoms with van der Waals surface area (Å²) >= 11 is 6.39. The first-order valence-corrected chi connectivity index (χ1v) is 12.1. The fourth-order valence-corrected chi connectivity index (χ4v) is 4.67. The molecule has 2 aromatic rings. The van der Waals surface area contributed by atoms with Crippen molar-refractivity contribution in [3.8, 4) is 5.75 Å². The number of halogens is 2. The van der Waals surface area contributed by atoms with Crippen LogP contribution >= 0.6 is 50.3 Å². The molecule has 0 unspecified atom stereocenters. The molecule has 1 aliphatic rings. The summed E-state index contributed by atoms with van der Waals surface area (Å²) in [6.07, 6.45) is 1.64. The highest BCUT2D eigenvalue weighted by Crippen LogP contribution is 2.34. The van der Waals surface area contributed by atoms with Crippen LogP contribution in [-0.4, -0.2) is 34.7 Å². The van der Waals surface area contributed by atoms with E-state index in [1.54, 1.807) is 13.0 Å². The van der Waals surface area contributed by atoms with Crippen molar-refractivity contribution in [3.63, 3.8) is 0 Å². The van der Waals surface area contributed by atoms with Gasteiger partial charge in [-0.15, -0.1) is 0 Å². The summed E-state index contributed by atoms with van der Waals surface area (Å²) in [5.74, 6) is -0.376. The normalized spacial score (nSPS) is 16.0. The highest BCUT2D eigenvalue weighted by molar-refractivity contribution is 14.1. The third kappa shape index (κ3) is 5.89. The van der Waals surface area contributed by atoms with E-state index in [9.17, 15) is 14.4 Å². The number of hydrogen-bond acceptors (Lipinski definition) is 6. The summed E-state index contributed by atoms with van der Waals surface area (Å²) < 4.78 is 12.7. The maximum absolute atomic E-state index is 12.7. The Balaban J connectivity index is 1.71. The Kier molecular flexibility index (Phi) is 8.17. The molecule has 0 N–H and O–H groups in total. The molecule has 0 saturated carbocycles. The Hall–Kier alpha value is -1.85. The third-order valence-electron chi connectivity index (χ3n) is 4.40. The largest absolute Gasteiger partial charge is 0.488 e. The molecule has 31 heavy (non-hydrogen) atoms. The summed E-state index contributed by atoms with van der Waals surface area (Å²) in [5, 5.41) is -0.485. The topological polar surface area (TPSA) is 72.9 Å². The van der Waals surface area contributed by atoms with E-state index in [1.165, 1.54) is 6.92 Å². The predicted octanol–water partition coefficient (Wildman–Crippen LogP) is 5.62. The van der Waals surface area contributed by atoms with Gasteiger partial charge < -0.3 is 9.47 Å². The van der Waals surface area contributed by atoms with Crippen LogP contribution < -0.4 is 4.74 Å². The zero-order valence-corrected chi connectivity index (χ0v) is 21.3. The van der Waals surface area contributed by atoms with E-state index < -0.39 is 23.2 Å². The lowest BCUT2D eigenvalue weighted by Gasteiger charge is -2.19. The lowest BCUT2D eigenvalue weighted by Crippen LogP contribution is -2.42. The van der Waals surface area contributed by atoms with Crippen LogP contribution in [0.3, 0.4) is 0 Å². The molecule has 6 nitrogen and oxygen atoms in total. The first kappa shape index (κ1) is 23.8. The zero-order valence-electron chi connectivity index (χ0n) is 16.8. The molecule has 1 aliphatic heterocycles. The van der Waals surface area contributed by atoms with Gasteiger partial charge in [0.25, 0.3) is 11.1 Å². The van der Waals surface area contributed by atoms with Gasteiger partial charge in [0.15, 0.2) is 0 Å². The SMILES string of the molecule is CCOC(=O)[C@@H](C)N1C(=O)S/C(=C/c2ccc(OCc3ccc(Br)cc3)c(I)c2)C1=O. The molecule has 0 bridgehead atoms. The Morgan fingerprint density at radius 3 is 2.58 bits per heavy atom. The fraction of sp³-hybridized carbons (Fsp3) is 0.227. The summed E-state index contributed by atoms with van der Waals surface area (Å²) in [4.78, 5) is 38.1. The Labute approximate surface area is 206 Å². The second-order valence-corrected chi connectivity index (χ2v) is 9.66. The highest BCUT2D eigenvalue weighted by atomic mass is 127. The molecule has 0 spiro atoms. The number of ether oxygens (including phenoxy) is 2. The molecule has 9 heteroatoms. The molecule has 0 aliphatic carbocycles. The van der Waals surface area contributed by atoms with Crippen LogP contribution in [-0.2, 0) is 20.9 Å². The van der Waals surface area contributed by atoms with Crippen molar-refractivity contribution in [3.05, 3.63) is 66.5 Å². The number of carbonyl (C=O) groups is 3. The van der Waals surface area contributed by atoms with Gasteiger partial charge in [0.1, 0.15) is 18.4 Å². The van der Waals surface area contributed by atoms with Gasteiger partial charge in [-0.25, -0.2) is 4.79 Å². The highest BCUT2D eigenvalue weighted by Gasteiger charge is 2.41. The number of amides is 2. The van der Waals surface area contributed by atoms with Gasteiger partial charge in [0.2, 0.25) is 0 Å². The minimum absolute atomic E-state index is 0.184. The van der Waals surface area contributed by atoms with Crippen molar-refractivity contribution in [2.45, 2.75) is 26.5 Å². The number of imide groups is 1. The first-order chi connectivity index (χ1) is 14.8. The van der Waals surface area contributed by atoms with Crippen molar-refractivity contribution in [2.24, 2.45) is 0 Å². The fourth-order valence-electron chi connectivity index (χ4n) is 2.80. The second-order valence-electron chi connectivity index (χ2n) is 6.58. The van der Waals surface area contributed by atoms with Crippen LogP contribution in [0, 0.1) is 3.57 Å². The number of carbonyl (C=O) groups excluding carboxylic acids is 3. The Morgan fingerprint density at radius 2 is 1.94 bits per heavy atom. The second kappa shape index (κ2) is 10.6. The molecule has 2 amide bonds. The van der Waals surface area contributed by atoms with E-state index >= 15 is 0 Å². The van der Waals surface area contributed by atoms with Gasteiger partial charge in [-0.05, 0) is 89.7 Å². The molecule has 3 rings (SSSR count). The van der Waals surface area contributed by atoms with Gasteiger partial charge in [0, 0.05) is 4.47 Å². The van der Waals surface area contributed by atoms with Gasteiger partial charge in [0.05, 0.1) is 15.1 Å². The van der Waals surface area contributed by atoms with Crippen LogP contribution in [0.5, 0.6) is 5.75 Å². The molecule has 0 aromatic heterocycles. The standard InChI is InChI=1S/C22H19BrINO5S/c1-3-29-21(27)13(2)25-20(26)19(31-22(25)28)11-15-6-9-18(17(24)10-15)30-12-14-4-7-16(23)8-5-14/h4-11,13H,3,12H2,1-2H3/b19-11+/t13-/m1/s1. The van der Waals surface area contributed by atoms with E-state index in [1.807, 2.05) is 42.5 Å². The zero-order chi connectivity index (χ0) is 22.5. The molecule has 1 fully saturated rings. The molecule has 1 heterocycles. The van der Waals surface area contributed by atoms with E-state index in [2.05, 4.69) is 38.5 Å². The molecule has 1 atom stereocenters. The smallest absolute Gasteiger partial charge is 0.329 e. The Bertz CT molecular complexity index is 1040. The van der Waals surface area contributed by atoms with Crippen molar-refractivity contribution in [2.75, 3.05) is 6.61 Å². The number of rotatable bonds is 7. The Morgan fingerprint density at radius 1 is 1.23 bits per heavy atom. The maximum Gasteiger partial charge on any atom is 0.329 e. The minimum Gasteiger partial charge on any atom is -0.488 e. The van der Waals surface area contributed by atoms with E-state index in [0.717, 1.165) is 41.6 Å². The third-order valence-corrected chi connectivity index (χ3v) is 6.66. The summed E-state index contributed by atoms with van der Waals surface area (Å²) in [6, 6.07) is 12.5. The number of nitrogens with zero attached hydrogens (tertiary/aromatic N) is 1. The van der Waals surface area contributed by atoms with E-state index in [4.69, 9.17) is 9.47 Å². The van der Waals surface area contributed by atoms with Crippen molar-refractivity contribution in [1.82, 2.24) is 4.90 Å². The molecule has 162 valence electrons. The summed E-state index contributed by atoms with van der Waals surface area (Å²) in [5.41, 5.74) is 1.81. The summed E-state index contributed by atoms with van der Waals surface area (Å²) in [6.45, 7) is 3.78. The monoisotopic (exact) mass is 615 g/mol. The lowest BCUT2D eigenvalue weighted by atomic mass is 10.2. The van der Waals surface area contributed by atoms with Crippen LogP contribution in [0.15, 0.2) is 51.8 Å². The van der Waals surface area contributed by atoms with Crippen LogP contribution in [0.25, 0.3) is 6.08 Å². The lowest BCUT2D eigenvalue weighted by molar-refractivity contribution is -0.150. The molecular weight excluding hydrogens is 597 g/mol. The van der Waals surface area contributed by atoms with Crippen LogP contribution in [0.2, 0.25) is 0 Å². The van der Waals surface area contributed by atoms with Crippen molar-refractivity contribution in [1.29, 1.82) is 0 Å². The quantitative estimate of drug-likeness (QED) is 0.229. The number of benzene rings is 2. The van der Waals surface area contributed by atoms with Crippen molar-refractivity contribution < 1.29 is 23.9 Å². The maximum atomic E-state index is 12.7. The average molecular weight is 616 g/mol. The average Bonchev–Trinajstić information content (AvgIpc) is 3.01. The van der Waals surface area contributed by atoms with Crippen molar-refractivity contribution >= 4 is 73.5 Å². The van der Waals surface area contributed by atoms with E-state index in [-0.39, 0.29) is 11.5 Å². The minimum atomic E-state index is -0.965. The molecular formula is C22H19BrINO5S.